The number of rotatable bonds is 5. The summed E-state index contributed by atoms with van der Waals surface area (Å²) < 4.78 is 0.880. The average Bonchev–Trinajstić information content (AvgIpc) is 2.41. The molecule has 1 fully saturated rings. The van der Waals surface area contributed by atoms with E-state index >= 15 is 0 Å². The first-order valence-electron chi connectivity index (χ1n) is 6.57. The average molecular weight is 375 g/mol. The Morgan fingerprint density at radius 1 is 1.32 bits per heavy atom. The molecule has 0 amide bonds. The van der Waals surface area contributed by atoms with Crippen molar-refractivity contribution in [3.8, 4) is 0 Å². The summed E-state index contributed by atoms with van der Waals surface area (Å²) in [7, 11) is 0. The molecule has 5 nitrogen and oxygen atoms in total. The lowest BCUT2D eigenvalue weighted by molar-refractivity contribution is -0.384. The molecule has 6 heteroatoms. The van der Waals surface area contributed by atoms with Gasteiger partial charge in [0.05, 0.1) is 4.92 Å². The lowest BCUT2D eigenvalue weighted by Crippen LogP contribution is -2.33. The van der Waals surface area contributed by atoms with E-state index in [9.17, 15) is 10.1 Å². The smallest absolute Gasteiger partial charge is 0.293 e. The Hall–Kier alpha value is -0.890. The van der Waals surface area contributed by atoms with E-state index in [0.717, 1.165) is 29.7 Å². The molecule has 0 radical (unpaired) electrons. The molecule has 1 aromatic rings. The van der Waals surface area contributed by atoms with E-state index < -0.39 is 0 Å². The molecule has 104 valence electrons. The summed E-state index contributed by atoms with van der Waals surface area (Å²) in [6, 6.07) is 5.27. The molecule has 0 saturated carbocycles. The van der Waals surface area contributed by atoms with Crippen molar-refractivity contribution in [2.75, 3.05) is 31.5 Å². The van der Waals surface area contributed by atoms with E-state index in [1.165, 1.54) is 19.3 Å². The molecule has 19 heavy (non-hydrogen) atoms. The van der Waals surface area contributed by atoms with Gasteiger partial charge < -0.3 is 10.2 Å². The van der Waals surface area contributed by atoms with Gasteiger partial charge in [0.1, 0.15) is 5.69 Å². The van der Waals surface area contributed by atoms with Crippen molar-refractivity contribution in [3.63, 3.8) is 0 Å². The number of anilines is 1. The minimum atomic E-state index is -0.328. The summed E-state index contributed by atoms with van der Waals surface area (Å²) in [6.07, 6.45) is 3.86. The van der Waals surface area contributed by atoms with Gasteiger partial charge in [-0.2, -0.15) is 0 Å². The molecule has 1 aliphatic rings. The molecule has 1 aromatic carbocycles. The summed E-state index contributed by atoms with van der Waals surface area (Å²) in [5.41, 5.74) is 0.771. The second kappa shape index (κ2) is 7.04. The van der Waals surface area contributed by atoms with Gasteiger partial charge in [0, 0.05) is 22.7 Å². The molecule has 0 aliphatic carbocycles. The third-order valence-electron chi connectivity index (χ3n) is 3.35. The van der Waals surface area contributed by atoms with Crippen molar-refractivity contribution in [2.24, 2.45) is 0 Å². The van der Waals surface area contributed by atoms with Crippen LogP contribution in [0.1, 0.15) is 19.3 Å². The highest BCUT2D eigenvalue weighted by atomic mass is 127. The number of benzene rings is 1. The Morgan fingerprint density at radius 3 is 2.74 bits per heavy atom. The molecule has 0 unspecified atom stereocenters. The summed E-state index contributed by atoms with van der Waals surface area (Å²) in [6.45, 7) is 4.00. The van der Waals surface area contributed by atoms with Crippen LogP contribution in [0.4, 0.5) is 11.4 Å². The van der Waals surface area contributed by atoms with E-state index in [1.54, 1.807) is 12.1 Å². The number of hydrogen-bond acceptors (Lipinski definition) is 4. The lowest BCUT2D eigenvalue weighted by atomic mass is 10.1. The lowest BCUT2D eigenvalue weighted by Gasteiger charge is -2.26. The predicted molar refractivity (Wildman–Crippen MR) is 84.6 cm³/mol. The van der Waals surface area contributed by atoms with Crippen LogP contribution in [0.5, 0.6) is 0 Å². The van der Waals surface area contributed by atoms with Crippen LogP contribution in [0.25, 0.3) is 0 Å². The first kappa shape index (κ1) is 14.5. The van der Waals surface area contributed by atoms with Crippen molar-refractivity contribution < 1.29 is 4.92 Å². The SMILES string of the molecule is O=[N+]([O-])c1cc(I)ccc1NCCN1CCCCC1. The van der Waals surface area contributed by atoms with E-state index in [4.69, 9.17) is 0 Å². The first-order valence-corrected chi connectivity index (χ1v) is 7.65. The molecule has 0 spiro atoms. The Bertz CT molecular complexity index is 448. The van der Waals surface area contributed by atoms with Crippen molar-refractivity contribution in [1.29, 1.82) is 0 Å². The zero-order valence-corrected chi connectivity index (χ0v) is 12.9. The second-order valence-corrected chi connectivity index (χ2v) is 5.99. The third kappa shape index (κ3) is 4.31. The molecule has 1 N–H and O–H groups in total. The quantitative estimate of drug-likeness (QED) is 0.488. The summed E-state index contributed by atoms with van der Waals surface area (Å²) >= 11 is 2.09. The highest BCUT2D eigenvalue weighted by molar-refractivity contribution is 14.1. The van der Waals surface area contributed by atoms with Crippen molar-refractivity contribution in [2.45, 2.75) is 19.3 Å². The van der Waals surface area contributed by atoms with Crippen molar-refractivity contribution >= 4 is 34.0 Å². The standard InChI is InChI=1S/C13H18IN3O2/c14-11-4-5-12(13(10-11)17(18)19)15-6-9-16-7-2-1-3-8-16/h4-5,10,15H,1-3,6-9H2. The van der Waals surface area contributed by atoms with Gasteiger partial charge in [-0.05, 0) is 60.7 Å². The van der Waals surface area contributed by atoms with Gasteiger partial charge >= 0.3 is 0 Å². The molecule has 1 aliphatic heterocycles. The van der Waals surface area contributed by atoms with E-state index in [1.807, 2.05) is 6.07 Å². The molecular formula is C13H18IN3O2. The van der Waals surface area contributed by atoms with Crippen LogP contribution >= 0.6 is 22.6 Å². The Balaban J connectivity index is 1.89. The van der Waals surface area contributed by atoms with E-state index in [2.05, 4.69) is 32.8 Å². The molecule has 2 rings (SSSR count). The molecule has 1 heterocycles. The monoisotopic (exact) mass is 375 g/mol. The fraction of sp³-hybridized carbons (Fsp3) is 0.538. The van der Waals surface area contributed by atoms with Crippen LogP contribution < -0.4 is 5.32 Å². The summed E-state index contributed by atoms with van der Waals surface area (Å²) in [5, 5.41) is 14.2. The number of nitro groups is 1. The van der Waals surface area contributed by atoms with Crippen molar-refractivity contribution in [1.82, 2.24) is 4.90 Å². The minimum absolute atomic E-state index is 0.158. The zero-order chi connectivity index (χ0) is 13.7. The van der Waals surface area contributed by atoms with Gasteiger partial charge in [-0.25, -0.2) is 0 Å². The fourth-order valence-electron chi connectivity index (χ4n) is 2.34. The van der Waals surface area contributed by atoms with Crippen LogP contribution in [0.15, 0.2) is 18.2 Å². The van der Waals surface area contributed by atoms with Crippen LogP contribution in [-0.4, -0.2) is 36.0 Å². The van der Waals surface area contributed by atoms with Crippen LogP contribution in [-0.2, 0) is 0 Å². The van der Waals surface area contributed by atoms with Crippen LogP contribution in [0, 0.1) is 13.7 Å². The Kier molecular flexibility index (Phi) is 5.38. The Morgan fingerprint density at radius 2 is 2.05 bits per heavy atom. The highest BCUT2D eigenvalue weighted by Crippen LogP contribution is 2.26. The van der Waals surface area contributed by atoms with Crippen LogP contribution in [0.3, 0.4) is 0 Å². The molecule has 0 bridgehead atoms. The second-order valence-electron chi connectivity index (χ2n) is 4.75. The van der Waals surface area contributed by atoms with Gasteiger partial charge in [0.2, 0.25) is 0 Å². The number of nitrogens with zero attached hydrogens (tertiary/aromatic N) is 2. The van der Waals surface area contributed by atoms with Gasteiger partial charge in [-0.15, -0.1) is 0 Å². The zero-order valence-electron chi connectivity index (χ0n) is 10.8. The highest BCUT2D eigenvalue weighted by Gasteiger charge is 2.14. The minimum Gasteiger partial charge on any atom is -0.378 e. The van der Waals surface area contributed by atoms with E-state index in [0.29, 0.717) is 5.69 Å². The van der Waals surface area contributed by atoms with E-state index in [-0.39, 0.29) is 10.6 Å². The maximum absolute atomic E-state index is 11.0. The van der Waals surface area contributed by atoms with Crippen molar-refractivity contribution in [3.05, 3.63) is 31.9 Å². The maximum Gasteiger partial charge on any atom is 0.293 e. The van der Waals surface area contributed by atoms with Gasteiger partial charge in [0.15, 0.2) is 0 Å². The van der Waals surface area contributed by atoms with Gasteiger partial charge in [0.25, 0.3) is 5.69 Å². The van der Waals surface area contributed by atoms with Gasteiger partial charge in [-0.1, -0.05) is 6.42 Å². The third-order valence-corrected chi connectivity index (χ3v) is 4.02. The normalized spacial score (nSPS) is 16.3. The maximum atomic E-state index is 11.0. The summed E-state index contributed by atoms with van der Waals surface area (Å²) in [5.74, 6) is 0. The number of halogens is 1. The van der Waals surface area contributed by atoms with Gasteiger partial charge in [-0.3, -0.25) is 10.1 Å². The molecule has 0 atom stereocenters. The fourth-order valence-corrected chi connectivity index (χ4v) is 2.81. The molecule has 1 saturated heterocycles. The number of likely N-dealkylation sites (tertiary alicyclic amines) is 1. The molecular weight excluding hydrogens is 357 g/mol. The molecule has 0 aromatic heterocycles. The Labute approximate surface area is 126 Å². The number of hydrogen-bond donors (Lipinski definition) is 1. The number of piperidine rings is 1. The summed E-state index contributed by atoms with van der Waals surface area (Å²) in [4.78, 5) is 13.1. The first-order chi connectivity index (χ1) is 9.16. The predicted octanol–water partition coefficient (Wildman–Crippen LogP) is 3.10. The van der Waals surface area contributed by atoms with Crippen LogP contribution in [0.2, 0.25) is 0 Å². The number of nitrogens with one attached hydrogen (secondary N) is 1. The number of nitro benzene ring substituents is 1. The largest absolute Gasteiger partial charge is 0.378 e. The topological polar surface area (TPSA) is 58.4 Å².